The lowest BCUT2D eigenvalue weighted by atomic mass is 9.84. The number of carboxylic acid groups (broad SMARTS) is 1. The highest BCUT2D eigenvalue weighted by molar-refractivity contribution is 8.01. The lowest BCUT2D eigenvalue weighted by Crippen LogP contribution is -2.41. The lowest BCUT2D eigenvalue weighted by Gasteiger charge is -2.37. The van der Waals surface area contributed by atoms with E-state index < -0.39 is 10.7 Å². The van der Waals surface area contributed by atoms with Crippen LogP contribution in [0.2, 0.25) is 5.02 Å². The topological polar surface area (TPSA) is 78.4 Å². The summed E-state index contributed by atoms with van der Waals surface area (Å²) in [5, 5.41) is 19.5. The molecule has 1 fully saturated rings. The maximum Gasteiger partial charge on any atom is 0.320 e. The molecule has 0 spiro atoms. The second-order valence-electron chi connectivity index (χ2n) is 6.25. The summed E-state index contributed by atoms with van der Waals surface area (Å²) in [7, 11) is 0. The smallest absolute Gasteiger partial charge is 0.320 e. The Morgan fingerprint density at radius 1 is 1.35 bits per heavy atom. The van der Waals surface area contributed by atoms with Crippen molar-refractivity contribution < 1.29 is 9.90 Å². The Labute approximate surface area is 159 Å². The Kier molecular flexibility index (Phi) is 4.14. The first-order valence-corrected chi connectivity index (χ1v) is 9.32. The van der Waals surface area contributed by atoms with Crippen molar-refractivity contribution in [2.75, 3.05) is 0 Å². The van der Waals surface area contributed by atoms with Crippen LogP contribution in [0.15, 0.2) is 47.8 Å². The minimum atomic E-state index is -0.773. The first-order chi connectivity index (χ1) is 12.6. The van der Waals surface area contributed by atoms with Gasteiger partial charge in [0.2, 0.25) is 0 Å². The lowest BCUT2D eigenvalue weighted by molar-refractivity contribution is -0.142. The van der Waals surface area contributed by atoms with Crippen molar-refractivity contribution in [1.82, 2.24) is 9.38 Å². The quantitative estimate of drug-likeness (QED) is 0.710. The molecule has 5 nitrogen and oxygen atoms in total. The van der Waals surface area contributed by atoms with Crippen molar-refractivity contribution in [3.8, 4) is 17.3 Å². The van der Waals surface area contributed by atoms with Gasteiger partial charge in [-0.1, -0.05) is 11.6 Å². The monoisotopic (exact) mass is 383 g/mol. The van der Waals surface area contributed by atoms with E-state index in [0.29, 0.717) is 28.9 Å². The fourth-order valence-corrected chi connectivity index (χ4v) is 4.88. The van der Waals surface area contributed by atoms with Crippen LogP contribution in [-0.2, 0) is 4.79 Å². The number of hydrogen-bond acceptors (Lipinski definition) is 4. The molecule has 1 saturated carbocycles. The van der Waals surface area contributed by atoms with Crippen LogP contribution in [0.4, 0.5) is 0 Å². The molecular formula is C19H14ClN3O2S. The number of aromatic nitrogens is 2. The molecule has 0 aliphatic heterocycles. The molecule has 0 radical (unpaired) electrons. The van der Waals surface area contributed by atoms with Crippen LogP contribution in [-0.4, -0.2) is 25.2 Å². The number of fused-ring (bicyclic) bond motifs is 1. The summed E-state index contributed by atoms with van der Waals surface area (Å²) < 4.78 is 1.09. The summed E-state index contributed by atoms with van der Waals surface area (Å²) in [5.74, 6) is -0.773. The number of thioether (sulfide) groups is 1. The number of pyridine rings is 2. The average Bonchev–Trinajstić information content (AvgIpc) is 3.00. The molecule has 0 amide bonds. The van der Waals surface area contributed by atoms with Crippen molar-refractivity contribution in [2.24, 2.45) is 0 Å². The molecule has 3 aromatic rings. The summed E-state index contributed by atoms with van der Waals surface area (Å²) in [4.78, 5) is 16.8. The van der Waals surface area contributed by atoms with Gasteiger partial charge in [0.05, 0.1) is 21.8 Å². The number of rotatable bonds is 4. The van der Waals surface area contributed by atoms with Gasteiger partial charge in [-0.25, -0.2) is 0 Å². The van der Waals surface area contributed by atoms with Crippen LogP contribution in [0.1, 0.15) is 24.8 Å². The maximum absolute atomic E-state index is 11.8. The number of aliphatic carboxylic acids is 1. The third kappa shape index (κ3) is 2.56. The number of hydrogen-bond donors (Lipinski definition) is 1. The highest BCUT2D eigenvalue weighted by Crippen LogP contribution is 2.50. The van der Waals surface area contributed by atoms with Gasteiger partial charge in [0, 0.05) is 29.0 Å². The number of carboxylic acids is 1. The summed E-state index contributed by atoms with van der Waals surface area (Å²) in [6, 6.07) is 9.32. The van der Waals surface area contributed by atoms with E-state index in [4.69, 9.17) is 11.6 Å². The molecule has 4 rings (SSSR count). The van der Waals surface area contributed by atoms with E-state index in [1.165, 1.54) is 11.8 Å². The van der Waals surface area contributed by atoms with Crippen molar-refractivity contribution in [3.05, 3.63) is 53.4 Å². The predicted octanol–water partition coefficient (Wildman–Crippen LogP) is 4.63. The molecule has 3 heterocycles. The van der Waals surface area contributed by atoms with Crippen molar-refractivity contribution in [3.63, 3.8) is 0 Å². The van der Waals surface area contributed by atoms with Crippen LogP contribution in [0.3, 0.4) is 0 Å². The molecule has 0 atom stereocenters. The summed E-state index contributed by atoms with van der Waals surface area (Å²) in [6.45, 7) is 0. The zero-order valence-corrected chi connectivity index (χ0v) is 15.2. The van der Waals surface area contributed by atoms with Gasteiger partial charge in [-0.15, -0.1) is 11.8 Å². The fourth-order valence-electron chi connectivity index (χ4n) is 3.23. The SMILES string of the molecule is N#Cc1ccc(-c2cnccc2SC2(C(=O)O)CCC2)n2ccc(Cl)c12. The van der Waals surface area contributed by atoms with E-state index in [-0.39, 0.29) is 0 Å². The van der Waals surface area contributed by atoms with E-state index in [2.05, 4.69) is 11.1 Å². The number of carbonyl (C=O) groups is 1. The second kappa shape index (κ2) is 6.35. The fraction of sp³-hybridized carbons (Fsp3) is 0.211. The molecule has 1 aliphatic rings. The largest absolute Gasteiger partial charge is 0.480 e. The van der Waals surface area contributed by atoms with Crippen LogP contribution in [0.25, 0.3) is 16.8 Å². The Hall–Kier alpha value is -2.49. The maximum atomic E-state index is 11.8. The third-order valence-corrected chi connectivity index (χ3v) is 6.65. The number of halogens is 1. The highest BCUT2D eigenvalue weighted by atomic mass is 35.5. The minimum Gasteiger partial charge on any atom is -0.480 e. The van der Waals surface area contributed by atoms with Gasteiger partial charge in [-0.05, 0) is 43.5 Å². The van der Waals surface area contributed by atoms with Crippen LogP contribution in [0, 0.1) is 11.3 Å². The second-order valence-corrected chi connectivity index (χ2v) is 8.09. The van der Waals surface area contributed by atoms with E-state index in [1.807, 2.05) is 22.7 Å². The molecule has 1 N–H and O–H groups in total. The van der Waals surface area contributed by atoms with E-state index in [9.17, 15) is 15.2 Å². The van der Waals surface area contributed by atoms with Gasteiger partial charge in [-0.2, -0.15) is 5.26 Å². The minimum absolute atomic E-state index is 0.489. The molecule has 0 saturated heterocycles. The molecular weight excluding hydrogens is 370 g/mol. The van der Waals surface area contributed by atoms with Gasteiger partial charge < -0.3 is 9.51 Å². The van der Waals surface area contributed by atoms with Crippen LogP contribution in [0.5, 0.6) is 0 Å². The Balaban J connectivity index is 1.87. The molecule has 3 aromatic heterocycles. The van der Waals surface area contributed by atoms with Gasteiger partial charge in [0.25, 0.3) is 0 Å². The molecule has 26 heavy (non-hydrogen) atoms. The Morgan fingerprint density at radius 2 is 2.15 bits per heavy atom. The van der Waals surface area contributed by atoms with Gasteiger partial charge in [0.15, 0.2) is 0 Å². The van der Waals surface area contributed by atoms with Gasteiger partial charge >= 0.3 is 5.97 Å². The highest BCUT2D eigenvalue weighted by Gasteiger charge is 2.45. The summed E-state index contributed by atoms with van der Waals surface area (Å²) in [5.41, 5.74) is 2.78. The van der Waals surface area contributed by atoms with Crippen molar-refractivity contribution in [1.29, 1.82) is 5.26 Å². The molecule has 7 heteroatoms. The standard InChI is InChI=1S/C19H14ClN3O2S/c20-14-5-9-23-15(3-2-12(10-21)17(14)23)13-11-22-8-4-16(13)26-19(18(24)25)6-1-7-19/h2-5,8-9,11H,1,6-7H2,(H,24,25). The van der Waals surface area contributed by atoms with Gasteiger partial charge in [-0.3, -0.25) is 9.78 Å². The molecule has 0 unspecified atom stereocenters. The zero-order valence-electron chi connectivity index (χ0n) is 13.6. The van der Waals surface area contributed by atoms with Gasteiger partial charge in [0.1, 0.15) is 10.8 Å². The number of nitriles is 1. The van der Waals surface area contributed by atoms with Crippen molar-refractivity contribution >= 4 is 34.8 Å². The third-order valence-electron chi connectivity index (χ3n) is 4.79. The van der Waals surface area contributed by atoms with E-state index in [0.717, 1.165) is 22.6 Å². The summed E-state index contributed by atoms with van der Waals surface area (Å²) >= 11 is 7.65. The Bertz CT molecular complexity index is 1070. The van der Waals surface area contributed by atoms with E-state index in [1.54, 1.807) is 24.5 Å². The molecule has 130 valence electrons. The first-order valence-electron chi connectivity index (χ1n) is 8.12. The molecule has 1 aliphatic carbocycles. The van der Waals surface area contributed by atoms with E-state index >= 15 is 0 Å². The van der Waals surface area contributed by atoms with Crippen LogP contribution >= 0.6 is 23.4 Å². The molecule has 0 aromatic carbocycles. The van der Waals surface area contributed by atoms with Crippen molar-refractivity contribution in [2.45, 2.75) is 28.9 Å². The average molecular weight is 384 g/mol. The Morgan fingerprint density at radius 3 is 2.81 bits per heavy atom. The first kappa shape index (κ1) is 17.0. The normalized spacial score (nSPS) is 15.4. The number of nitrogens with zero attached hydrogens (tertiary/aromatic N) is 3. The summed E-state index contributed by atoms with van der Waals surface area (Å²) in [6.07, 6.45) is 7.45. The zero-order chi connectivity index (χ0) is 18.3. The van der Waals surface area contributed by atoms with Crippen LogP contribution < -0.4 is 0 Å². The molecule has 0 bridgehead atoms. The predicted molar refractivity (Wildman–Crippen MR) is 100 cm³/mol.